The number of carbonyl (C=O) groups is 2. The molecule has 1 fully saturated rings. The summed E-state index contributed by atoms with van der Waals surface area (Å²) in [7, 11) is -4.10. The van der Waals surface area contributed by atoms with Crippen molar-refractivity contribution in [1.29, 1.82) is 0 Å². The summed E-state index contributed by atoms with van der Waals surface area (Å²) in [6.07, 6.45) is -0.708. The number of piperazine rings is 1. The van der Waals surface area contributed by atoms with Crippen LogP contribution in [-0.2, 0) is 25.3 Å². The highest BCUT2D eigenvalue weighted by atomic mass is 32.2. The molecule has 1 heterocycles. The Bertz CT molecular complexity index is 821. The highest BCUT2D eigenvalue weighted by molar-refractivity contribution is 7.88. The summed E-state index contributed by atoms with van der Waals surface area (Å²) in [6.45, 7) is 4.45. The van der Waals surface area contributed by atoms with Crippen LogP contribution in [0.5, 0.6) is 0 Å². The van der Waals surface area contributed by atoms with E-state index in [9.17, 15) is 27.5 Å². The maximum atomic E-state index is 13.8. The number of aliphatic carboxylic acids is 1. The third-order valence-electron chi connectivity index (χ3n) is 3.92. The van der Waals surface area contributed by atoms with Gasteiger partial charge in [0.25, 0.3) is 0 Å². The minimum atomic E-state index is -4.10. The molecule has 27 heavy (non-hydrogen) atoms. The first-order valence-corrected chi connectivity index (χ1v) is 9.95. The number of hydrogen-bond acceptors (Lipinski definition) is 5. The van der Waals surface area contributed by atoms with Crippen LogP contribution >= 0.6 is 0 Å². The summed E-state index contributed by atoms with van der Waals surface area (Å²) < 4.78 is 45.2. The Morgan fingerprint density at radius 3 is 2.44 bits per heavy atom. The molecule has 10 heteroatoms. The first-order chi connectivity index (χ1) is 12.4. The number of rotatable bonds is 4. The zero-order chi connectivity index (χ0) is 20.4. The van der Waals surface area contributed by atoms with Crippen LogP contribution in [0.4, 0.5) is 9.18 Å². The van der Waals surface area contributed by atoms with Gasteiger partial charge in [-0.25, -0.2) is 17.6 Å². The Labute approximate surface area is 157 Å². The second kappa shape index (κ2) is 7.81. The molecule has 0 bridgehead atoms. The standard InChI is InChI=1S/C17H23FN2O6S/c1-17(2,3)26-16(23)19-8-9-20(14(10-19)15(21)22)27(24,25)11-12-6-4-5-7-13(12)18/h4-7,14H,8-11H2,1-3H3,(H,21,22). The Balaban J connectivity index is 2.19. The number of hydrogen-bond donors (Lipinski definition) is 1. The third kappa shape index (κ3) is 5.39. The van der Waals surface area contributed by atoms with E-state index in [4.69, 9.17) is 4.74 Å². The van der Waals surface area contributed by atoms with Gasteiger partial charge in [0.2, 0.25) is 10.0 Å². The van der Waals surface area contributed by atoms with Crippen molar-refractivity contribution < 1.29 is 32.2 Å². The molecule has 1 saturated heterocycles. The molecule has 8 nitrogen and oxygen atoms in total. The van der Waals surface area contributed by atoms with Crippen molar-refractivity contribution in [2.24, 2.45) is 0 Å². The van der Waals surface area contributed by atoms with Crippen LogP contribution in [0.1, 0.15) is 26.3 Å². The highest BCUT2D eigenvalue weighted by Crippen LogP contribution is 2.21. The minimum absolute atomic E-state index is 0.0187. The SMILES string of the molecule is CC(C)(C)OC(=O)N1CCN(S(=O)(=O)Cc2ccccc2F)C(C(=O)O)C1. The van der Waals surface area contributed by atoms with Gasteiger partial charge in [0.05, 0.1) is 12.3 Å². The Morgan fingerprint density at radius 2 is 1.89 bits per heavy atom. The molecule has 1 aliphatic rings. The molecule has 0 aliphatic carbocycles. The van der Waals surface area contributed by atoms with Crippen LogP contribution in [0.15, 0.2) is 24.3 Å². The number of carboxylic acids is 1. The second-order valence-electron chi connectivity index (χ2n) is 7.24. The van der Waals surface area contributed by atoms with E-state index in [-0.39, 0.29) is 25.2 Å². The molecule has 0 aromatic heterocycles. The molecule has 1 amide bonds. The largest absolute Gasteiger partial charge is 0.480 e. The van der Waals surface area contributed by atoms with Crippen LogP contribution in [0.2, 0.25) is 0 Å². The van der Waals surface area contributed by atoms with Crippen molar-refractivity contribution in [3.63, 3.8) is 0 Å². The van der Waals surface area contributed by atoms with Crippen LogP contribution in [0.25, 0.3) is 0 Å². The maximum Gasteiger partial charge on any atom is 0.410 e. The van der Waals surface area contributed by atoms with Crippen LogP contribution < -0.4 is 0 Å². The van der Waals surface area contributed by atoms with E-state index in [1.54, 1.807) is 20.8 Å². The molecular weight excluding hydrogens is 379 g/mol. The van der Waals surface area contributed by atoms with Crippen molar-refractivity contribution >= 4 is 22.1 Å². The summed E-state index contributed by atoms with van der Waals surface area (Å²) in [6, 6.07) is 3.94. The third-order valence-corrected chi connectivity index (χ3v) is 5.75. The number of sulfonamides is 1. The molecule has 1 aromatic carbocycles. The van der Waals surface area contributed by atoms with Gasteiger partial charge in [0.15, 0.2) is 0 Å². The van der Waals surface area contributed by atoms with Crippen molar-refractivity contribution in [2.45, 2.75) is 38.2 Å². The maximum absolute atomic E-state index is 13.8. The number of carboxylic acid groups (broad SMARTS) is 1. The highest BCUT2D eigenvalue weighted by Gasteiger charge is 2.41. The van der Waals surface area contributed by atoms with E-state index < -0.39 is 45.3 Å². The summed E-state index contributed by atoms with van der Waals surface area (Å²) in [4.78, 5) is 25.0. The predicted octanol–water partition coefficient (Wildman–Crippen LogP) is 1.66. The molecule has 0 saturated carbocycles. The van der Waals surface area contributed by atoms with E-state index in [2.05, 4.69) is 0 Å². The molecule has 0 radical (unpaired) electrons. The average molecular weight is 402 g/mol. The van der Waals surface area contributed by atoms with E-state index >= 15 is 0 Å². The Hall–Kier alpha value is -2.20. The van der Waals surface area contributed by atoms with Gasteiger partial charge in [-0.3, -0.25) is 4.79 Å². The summed E-state index contributed by atoms with van der Waals surface area (Å²) in [5.41, 5.74) is -0.805. The molecule has 1 unspecified atom stereocenters. The van der Waals surface area contributed by atoms with E-state index in [0.29, 0.717) is 0 Å². The summed E-state index contributed by atoms with van der Waals surface area (Å²) >= 11 is 0. The quantitative estimate of drug-likeness (QED) is 0.821. The van der Waals surface area contributed by atoms with Crippen LogP contribution in [-0.4, -0.2) is 66.1 Å². The summed E-state index contributed by atoms with van der Waals surface area (Å²) in [5, 5.41) is 9.47. The normalized spacial score (nSPS) is 19.0. The van der Waals surface area contributed by atoms with Gasteiger partial charge in [-0.05, 0) is 26.8 Å². The predicted molar refractivity (Wildman–Crippen MR) is 95.0 cm³/mol. The van der Waals surface area contributed by atoms with E-state index in [0.717, 1.165) is 10.4 Å². The number of benzene rings is 1. The van der Waals surface area contributed by atoms with Gasteiger partial charge in [-0.2, -0.15) is 4.31 Å². The molecule has 1 aliphatic heterocycles. The molecule has 1 atom stereocenters. The molecular formula is C17H23FN2O6S. The van der Waals surface area contributed by atoms with Crippen molar-refractivity contribution in [2.75, 3.05) is 19.6 Å². The lowest BCUT2D eigenvalue weighted by Crippen LogP contribution is -2.59. The number of amides is 1. The number of halogens is 1. The lowest BCUT2D eigenvalue weighted by Gasteiger charge is -2.38. The Kier molecular flexibility index (Phi) is 6.10. The fraction of sp³-hybridized carbons (Fsp3) is 0.529. The molecule has 0 spiro atoms. The van der Waals surface area contributed by atoms with Crippen LogP contribution in [0.3, 0.4) is 0 Å². The monoisotopic (exact) mass is 402 g/mol. The number of carbonyl (C=O) groups excluding carboxylic acids is 1. The van der Waals surface area contributed by atoms with Crippen LogP contribution in [0, 0.1) is 5.82 Å². The fourth-order valence-electron chi connectivity index (χ4n) is 2.69. The van der Waals surface area contributed by atoms with Crippen molar-refractivity contribution in [3.8, 4) is 0 Å². The fourth-order valence-corrected chi connectivity index (χ4v) is 4.38. The smallest absolute Gasteiger partial charge is 0.410 e. The second-order valence-corrected chi connectivity index (χ2v) is 9.16. The van der Waals surface area contributed by atoms with Gasteiger partial charge in [-0.15, -0.1) is 0 Å². The lowest BCUT2D eigenvalue weighted by atomic mass is 10.2. The van der Waals surface area contributed by atoms with Gasteiger partial charge < -0.3 is 14.7 Å². The average Bonchev–Trinajstić information content (AvgIpc) is 2.54. The zero-order valence-corrected chi connectivity index (χ0v) is 16.2. The van der Waals surface area contributed by atoms with Gasteiger partial charge in [0.1, 0.15) is 17.5 Å². The first-order valence-electron chi connectivity index (χ1n) is 8.34. The first kappa shape index (κ1) is 21.1. The zero-order valence-electron chi connectivity index (χ0n) is 15.4. The number of ether oxygens (including phenoxy) is 1. The van der Waals surface area contributed by atoms with Gasteiger partial charge >= 0.3 is 12.1 Å². The van der Waals surface area contributed by atoms with Crippen molar-refractivity contribution in [1.82, 2.24) is 9.21 Å². The molecule has 2 rings (SSSR count). The summed E-state index contributed by atoms with van der Waals surface area (Å²) in [5.74, 6) is -2.73. The number of nitrogens with zero attached hydrogens (tertiary/aromatic N) is 2. The van der Waals surface area contributed by atoms with E-state index in [1.165, 1.54) is 23.1 Å². The molecule has 1 N–H and O–H groups in total. The molecule has 1 aromatic rings. The molecule has 150 valence electrons. The topological polar surface area (TPSA) is 104 Å². The Morgan fingerprint density at radius 1 is 1.26 bits per heavy atom. The van der Waals surface area contributed by atoms with Gasteiger partial charge in [0, 0.05) is 18.7 Å². The van der Waals surface area contributed by atoms with E-state index in [1.807, 2.05) is 0 Å². The van der Waals surface area contributed by atoms with Gasteiger partial charge in [-0.1, -0.05) is 18.2 Å². The lowest BCUT2D eigenvalue weighted by molar-refractivity contribution is -0.143. The minimum Gasteiger partial charge on any atom is -0.480 e. The van der Waals surface area contributed by atoms with Crippen molar-refractivity contribution in [3.05, 3.63) is 35.6 Å².